The summed E-state index contributed by atoms with van der Waals surface area (Å²) in [5, 5.41) is 2.83. The van der Waals surface area contributed by atoms with Crippen LogP contribution in [-0.2, 0) is 4.79 Å². The van der Waals surface area contributed by atoms with Crippen molar-refractivity contribution < 1.29 is 9.53 Å². The topological polar surface area (TPSA) is 55.4 Å². The predicted molar refractivity (Wildman–Crippen MR) is 81.2 cm³/mol. The van der Waals surface area contributed by atoms with Crippen molar-refractivity contribution in [2.24, 2.45) is 0 Å². The third-order valence-corrected chi connectivity index (χ3v) is 3.00. The average molecular weight is 283 g/mol. The molecule has 2 aromatic rings. The summed E-state index contributed by atoms with van der Waals surface area (Å²) in [6.45, 7) is 1.71. The number of ether oxygens (including phenoxy) is 1. The molecule has 0 aliphatic heterocycles. The number of benzene rings is 1. The number of rotatable bonds is 5. The molecule has 0 heterocycles. The van der Waals surface area contributed by atoms with Crippen LogP contribution < -0.4 is 15.5 Å². The summed E-state index contributed by atoms with van der Waals surface area (Å²) in [6, 6.07) is 17.5. The third-order valence-electron chi connectivity index (χ3n) is 3.00. The number of hydrogen-bond acceptors (Lipinski definition) is 3. The first-order valence-electron chi connectivity index (χ1n) is 6.73. The minimum atomic E-state index is -0.266. The van der Waals surface area contributed by atoms with Gasteiger partial charge in [0.1, 0.15) is 0 Å². The van der Waals surface area contributed by atoms with Crippen LogP contribution in [0, 0.1) is 0 Å². The van der Waals surface area contributed by atoms with Gasteiger partial charge < -0.3 is 10.1 Å². The molecule has 2 aromatic carbocycles. The zero-order valence-corrected chi connectivity index (χ0v) is 11.8. The van der Waals surface area contributed by atoms with Gasteiger partial charge in [-0.05, 0) is 24.6 Å². The lowest BCUT2D eigenvalue weighted by molar-refractivity contribution is -0.123. The Morgan fingerprint density at radius 3 is 2.38 bits per heavy atom. The lowest BCUT2D eigenvalue weighted by atomic mass is 10.1. The number of amides is 1. The van der Waals surface area contributed by atoms with Crippen LogP contribution in [0.15, 0.2) is 65.5 Å². The van der Waals surface area contributed by atoms with Crippen molar-refractivity contribution in [3.8, 4) is 5.75 Å². The maximum atomic E-state index is 11.9. The van der Waals surface area contributed by atoms with E-state index in [1.807, 2.05) is 37.3 Å². The van der Waals surface area contributed by atoms with Crippen LogP contribution in [0.5, 0.6) is 5.75 Å². The van der Waals surface area contributed by atoms with Gasteiger partial charge in [0.25, 0.3) is 5.91 Å². The number of nitrogens with one attached hydrogen (secondary N) is 1. The highest BCUT2D eigenvalue weighted by Crippen LogP contribution is 2.10. The van der Waals surface area contributed by atoms with E-state index in [2.05, 4.69) is 5.32 Å². The lowest BCUT2D eigenvalue weighted by Gasteiger charge is -2.14. The molecule has 0 bridgehead atoms. The van der Waals surface area contributed by atoms with Crippen LogP contribution in [0.25, 0.3) is 0 Å². The number of carbonyl (C=O) groups excluding carboxylic acids is 1. The maximum Gasteiger partial charge on any atom is 0.258 e. The van der Waals surface area contributed by atoms with Crippen LogP contribution in [-0.4, -0.2) is 12.5 Å². The van der Waals surface area contributed by atoms with Gasteiger partial charge in [-0.25, -0.2) is 0 Å². The Balaban J connectivity index is 1.91. The van der Waals surface area contributed by atoms with Crippen LogP contribution in [0.4, 0.5) is 0 Å². The van der Waals surface area contributed by atoms with E-state index in [0.717, 1.165) is 5.56 Å². The quantitative estimate of drug-likeness (QED) is 0.916. The summed E-state index contributed by atoms with van der Waals surface area (Å²) >= 11 is 0. The fraction of sp³-hybridized carbons (Fsp3) is 0.176. The molecule has 0 saturated carbocycles. The number of hydrogen-bond donors (Lipinski definition) is 1. The van der Waals surface area contributed by atoms with E-state index in [9.17, 15) is 9.59 Å². The highest BCUT2D eigenvalue weighted by molar-refractivity contribution is 5.78. The van der Waals surface area contributed by atoms with E-state index in [1.54, 1.807) is 24.3 Å². The second-order valence-corrected chi connectivity index (χ2v) is 4.63. The fourth-order valence-corrected chi connectivity index (χ4v) is 1.89. The molecule has 1 atom stereocenters. The smallest absolute Gasteiger partial charge is 0.258 e. The molecule has 0 saturated heterocycles. The first-order valence-corrected chi connectivity index (χ1v) is 6.73. The van der Waals surface area contributed by atoms with Crippen molar-refractivity contribution in [1.29, 1.82) is 0 Å². The molecule has 2 rings (SSSR count). The van der Waals surface area contributed by atoms with Crippen molar-refractivity contribution in [3.63, 3.8) is 0 Å². The summed E-state index contributed by atoms with van der Waals surface area (Å²) in [5.74, 6) is -0.0974. The zero-order chi connectivity index (χ0) is 15.1. The summed E-state index contributed by atoms with van der Waals surface area (Å²) in [7, 11) is 0. The molecule has 0 spiro atoms. The van der Waals surface area contributed by atoms with E-state index >= 15 is 0 Å². The zero-order valence-electron chi connectivity index (χ0n) is 11.8. The van der Waals surface area contributed by atoms with Crippen LogP contribution >= 0.6 is 0 Å². The molecule has 4 heteroatoms. The Hall–Kier alpha value is -2.62. The first-order chi connectivity index (χ1) is 10.2. The third kappa shape index (κ3) is 4.45. The van der Waals surface area contributed by atoms with Crippen LogP contribution in [0.2, 0.25) is 0 Å². The van der Waals surface area contributed by atoms with E-state index in [-0.39, 0.29) is 29.7 Å². The van der Waals surface area contributed by atoms with Gasteiger partial charge in [-0.2, -0.15) is 0 Å². The molecule has 4 nitrogen and oxygen atoms in total. The van der Waals surface area contributed by atoms with Crippen LogP contribution in [0.3, 0.4) is 0 Å². The van der Waals surface area contributed by atoms with Gasteiger partial charge in [-0.15, -0.1) is 0 Å². The van der Waals surface area contributed by atoms with E-state index < -0.39 is 0 Å². The Kier molecular flexibility index (Phi) is 5.10. The second-order valence-electron chi connectivity index (χ2n) is 4.63. The Morgan fingerprint density at radius 1 is 1.05 bits per heavy atom. The Labute approximate surface area is 123 Å². The largest absolute Gasteiger partial charge is 0.480 e. The Morgan fingerprint density at radius 2 is 1.67 bits per heavy atom. The highest BCUT2D eigenvalue weighted by Gasteiger charge is 2.10. The molecule has 21 heavy (non-hydrogen) atoms. The van der Waals surface area contributed by atoms with Gasteiger partial charge in [0.05, 0.1) is 6.04 Å². The molecule has 0 unspecified atom stereocenters. The van der Waals surface area contributed by atoms with Gasteiger partial charge in [-0.3, -0.25) is 9.59 Å². The minimum Gasteiger partial charge on any atom is -0.480 e. The van der Waals surface area contributed by atoms with Crippen molar-refractivity contribution in [2.45, 2.75) is 13.0 Å². The monoisotopic (exact) mass is 283 g/mol. The molecule has 0 aliphatic rings. The molecule has 1 amide bonds. The molecule has 108 valence electrons. The summed E-state index contributed by atoms with van der Waals surface area (Å²) in [6.07, 6.45) is 0. The van der Waals surface area contributed by atoms with Gasteiger partial charge >= 0.3 is 0 Å². The van der Waals surface area contributed by atoms with Crippen molar-refractivity contribution in [2.75, 3.05) is 6.61 Å². The van der Waals surface area contributed by atoms with Gasteiger partial charge in [0.15, 0.2) is 12.4 Å². The molecule has 0 fully saturated rings. The molecular formula is C17H17NO3. The average Bonchev–Trinajstić information content (AvgIpc) is 2.70. The second kappa shape index (κ2) is 7.24. The minimum absolute atomic E-state index is 0.110. The van der Waals surface area contributed by atoms with Crippen molar-refractivity contribution >= 4 is 5.91 Å². The van der Waals surface area contributed by atoms with Crippen molar-refractivity contribution in [3.05, 3.63) is 76.5 Å². The van der Waals surface area contributed by atoms with E-state index in [4.69, 9.17) is 4.74 Å². The SMILES string of the molecule is C[C@H](NC(=O)COc1cccccc1=O)c1ccccc1. The summed E-state index contributed by atoms with van der Waals surface area (Å²) in [4.78, 5) is 23.5. The van der Waals surface area contributed by atoms with Crippen molar-refractivity contribution in [1.82, 2.24) is 5.32 Å². The van der Waals surface area contributed by atoms with E-state index in [0.29, 0.717) is 0 Å². The predicted octanol–water partition coefficient (Wildman–Crippen LogP) is 2.30. The molecule has 0 radical (unpaired) electrons. The van der Waals surface area contributed by atoms with Crippen LogP contribution in [0.1, 0.15) is 18.5 Å². The first kappa shape index (κ1) is 14.8. The lowest BCUT2D eigenvalue weighted by Crippen LogP contribution is -2.31. The normalized spacial score (nSPS) is 11.5. The molecule has 0 aliphatic carbocycles. The molecule has 0 aromatic heterocycles. The summed E-state index contributed by atoms with van der Waals surface area (Å²) < 4.78 is 5.27. The fourth-order valence-electron chi connectivity index (χ4n) is 1.89. The van der Waals surface area contributed by atoms with Gasteiger partial charge in [-0.1, -0.05) is 48.5 Å². The maximum absolute atomic E-state index is 11.9. The van der Waals surface area contributed by atoms with Gasteiger partial charge in [0.2, 0.25) is 5.43 Å². The highest BCUT2D eigenvalue weighted by atomic mass is 16.5. The van der Waals surface area contributed by atoms with Gasteiger partial charge in [0, 0.05) is 0 Å². The number of carbonyl (C=O) groups is 1. The standard InChI is InChI=1S/C17H17NO3/c1-13(14-8-4-2-5-9-14)18-17(20)12-21-16-11-7-3-6-10-15(16)19/h2-11,13H,12H2,1H3,(H,18,20)/t13-/m0/s1. The molecular weight excluding hydrogens is 266 g/mol. The van der Waals surface area contributed by atoms with E-state index in [1.165, 1.54) is 6.07 Å². The molecule has 1 N–H and O–H groups in total. The summed E-state index contributed by atoms with van der Waals surface area (Å²) in [5.41, 5.74) is 0.769. The Bertz CT molecular complexity index is 655.